The van der Waals surface area contributed by atoms with E-state index in [0.717, 1.165) is 0 Å². The van der Waals surface area contributed by atoms with Crippen molar-refractivity contribution in [1.29, 1.82) is 0 Å². The van der Waals surface area contributed by atoms with Crippen LogP contribution in [-0.2, 0) is 4.79 Å². The number of nitro groups is 1. The van der Waals surface area contributed by atoms with E-state index in [4.69, 9.17) is 14.6 Å². The summed E-state index contributed by atoms with van der Waals surface area (Å²) in [5.74, 6) is -0.633. The fraction of sp³-hybridized carbons (Fsp3) is 0.462. The zero-order chi connectivity index (χ0) is 16.0. The van der Waals surface area contributed by atoms with Gasteiger partial charge in [-0.1, -0.05) is 13.8 Å². The minimum atomic E-state index is -1.06. The molecule has 8 nitrogen and oxygen atoms in total. The third-order valence-corrected chi connectivity index (χ3v) is 2.60. The lowest BCUT2D eigenvalue weighted by Gasteiger charge is -2.18. The van der Waals surface area contributed by atoms with Crippen molar-refractivity contribution in [3.63, 3.8) is 0 Å². The van der Waals surface area contributed by atoms with Gasteiger partial charge >= 0.3 is 5.97 Å². The average Bonchev–Trinajstić information content (AvgIpc) is 2.42. The highest BCUT2D eigenvalue weighted by Gasteiger charge is 2.20. The fourth-order valence-electron chi connectivity index (χ4n) is 1.66. The van der Waals surface area contributed by atoms with Crippen LogP contribution in [0.25, 0.3) is 0 Å². The molecule has 1 unspecified atom stereocenters. The van der Waals surface area contributed by atoms with Crippen LogP contribution in [-0.4, -0.2) is 41.8 Å². The predicted molar refractivity (Wildman–Crippen MR) is 74.8 cm³/mol. The normalized spacial score (nSPS) is 12.0. The number of benzene rings is 1. The van der Waals surface area contributed by atoms with Gasteiger partial charge in [-0.05, 0) is 6.07 Å². The van der Waals surface area contributed by atoms with E-state index in [-0.39, 0.29) is 24.1 Å². The van der Waals surface area contributed by atoms with E-state index in [9.17, 15) is 14.9 Å². The Balaban J connectivity index is 2.87. The molecule has 0 fully saturated rings. The maximum atomic E-state index is 11.1. The Morgan fingerprint density at radius 3 is 2.57 bits per heavy atom. The van der Waals surface area contributed by atoms with E-state index in [0.29, 0.717) is 5.75 Å². The molecule has 1 rings (SSSR count). The molecule has 1 aromatic rings. The summed E-state index contributed by atoms with van der Waals surface area (Å²) in [5.41, 5.74) is -0.158. The number of ether oxygens (including phenoxy) is 2. The molecule has 0 radical (unpaired) electrons. The zero-order valence-corrected chi connectivity index (χ0v) is 12.0. The van der Waals surface area contributed by atoms with Crippen molar-refractivity contribution >= 4 is 11.7 Å². The molecule has 1 atom stereocenters. The van der Waals surface area contributed by atoms with Crippen LogP contribution < -0.4 is 14.8 Å². The summed E-state index contributed by atoms with van der Waals surface area (Å²) >= 11 is 0. The van der Waals surface area contributed by atoms with E-state index in [1.54, 1.807) is 0 Å². The number of rotatable bonds is 8. The summed E-state index contributed by atoms with van der Waals surface area (Å²) in [6.07, 6.45) is 0. The molecule has 0 aliphatic heterocycles. The quantitative estimate of drug-likeness (QED) is 0.551. The van der Waals surface area contributed by atoms with Crippen LogP contribution in [0.15, 0.2) is 18.2 Å². The lowest BCUT2D eigenvalue weighted by atomic mass is 10.2. The standard InChI is InChI=1S/C13H18N2O6/c1-8(2)14-10(13(16)17)7-21-12-6-9(15(18)19)4-5-11(12)20-3/h4-6,8,10,14H,7H2,1-3H3,(H,16,17). The van der Waals surface area contributed by atoms with Crippen molar-refractivity contribution in [3.05, 3.63) is 28.3 Å². The van der Waals surface area contributed by atoms with Crippen molar-refractivity contribution in [2.24, 2.45) is 0 Å². The van der Waals surface area contributed by atoms with E-state index >= 15 is 0 Å². The van der Waals surface area contributed by atoms with Gasteiger partial charge in [0.25, 0.3) is 5.69 Å². The molecular formula is C13H18N2O6. The molecule has 0 spiro atoms. The van der Waals surface area contributed by atoms with E-state index in [2.05, 4.69) is 5.32 Å². The first kappa shape index (κ1) is 16.7. The first-order chi connectivity index (χ1) is 9.85. The number of non-ortho nitro benzene ring substituents is 1. The van der Waals surface area contributed by atoms with Crippen molar-refractivity contribution < 1.29 is 24.3 Å². The lowest BCUT2D eigenvalue weighted by Crippen LogP contribution is -2.44. The van der Waals surface area contributed by atoms with Crippen molar-refractivity contribution in [2.45, 2.75) is 25.9 Å². The van der Waals surface area contributed by atoms with Crippen LogP contribution in [0.3, 0.4) is 0 Å². The van der Waals surface area contributed by atoms with Crippen molar-refractivity contribution in [2.75, 3.05) is 13.7 Å². The first-order valence-corrected chi connectivity index (χ1v) is 6.29. The molecule has 2 N–H and O–H groups in total. The first-order valence-electron chi connectivity index (χ1n) is 6.29. The van der Waals surface area contributed by atoms with Gasteiger partial charge in [0.05, 0.1) is 18.1 Å². The van der Waals surface area contributed by atoms with E-state index < -0.39 is 16.9 Å². The fourth-order valence-corrected chi connectivity index (χ4v) is 1.66. The number of carbonyl (C=O) groups is 1. The monoisotopic (exact) mass is 298 g/mol. The second kappa shape index (κ2) is 7.44. The summed E-state index contributed by atoms with van der Waals surface area (Å²) < 4.78 is 10.4. The van der Waals surface area contributed by atoms with Gasteiger partial charge < -0.3 is 14.6 Å². The largest absolute Gasteiger partial charge is 0.493 e. The summed E-state index contributed by atoms with van der Waals surface area (Å²) in [4.78, 5) is 21.3. The highest BCUT2D eigenvalue weighted by molar-refractivity contribution is 5.73. The Morgan fingerprint density at radius 2 is 2.10 bits per heavy atom. The number of hydrogen-bond acceptors (Lipinski definition) is 6. The molecule has 0 aliphatic rings. The molecule has 0 saturated carbocycles. The summed E-state index contributed by atoms with van der Waals surface area (Å²) in [6.45, 7) is 3.44. The third-order valence-electron chi connectivity index (χ3n) is 2.60. The van der Waals surface area contributed by atoms with Gasteiger partial charge in [-0.15, -0.1) is 0 Å². The minimum Gasteiger partial charge on any atom is -0.493 e. The average molecular weight is 298 g/mol. The number of nitro benzene ring substituents is 1. The second-order valence-corrected chi connectivity index (χ2v) is 4.62. The SMILES string of the molecule is COc1ccc([N+](=O)[O-])cc1OCC(NC(C)C)C(=O)O. The van der Waals surface area contributed by atoms with Gasteiger partial charge in [0.15, 0.2) is 11.5 Å². The number of hydrogen-bond donors (Lipinski definition) is 2. The summed E-state index contributed by atoms with van der Waals surface area (Å²) in [6, 6.07) is 2.93. The van der Waals surface area contributed by atoms with E-state index in [1.807, 2.05) is 13.8 Å². The Kier molecular flexibility index (Phi) is 5.92. The molecule has 0 bridgehead atoms. The topological polar surface area (TPSA) is 111 Å². The zero-order valence-electron chi connectivity index (χ0n) is 12.0. The Bertz CT molecular complexity index is 517. The summed E-state index contributed by atoms with van der Waals surface area (Å²) in [7, 11) is 1.40. The number of methoxy groups -OCH3 is 1. The van der Waals surface area contributed by atoms with Gasteiger partial charge in [0, 0.05) is 12.1 Å². The van der Waals surface area contributed by atoms with Crippen LogP contribution in [0.1, 0.15) is 13.8 Å². The smallest absolute Gasteiger partial charge is 0.324 e. The molecule has 0 aromatic heterocycles. The molecule has 0 aliphatic carbocycles. The van der Waals surface area contributed by atoms with Gasteiger partial charge in [-0.3, -0.25) is 20.2 Å². The third kappa shape index (κ3) is 4.92. The number of carboxylic acid groups (broad SMARTS) is 1. The molecule has 1 aromatic carbocycles. The molecule has 8 heteroatoms. The second-order valence-electron chi connectivity index (χ2n) is 4.62. The lowest BCUT2D eigenvalue weighted by molar-refractivity contribution is -0.385. The number of aliphatic carboxylic acids is 1. The molecule has 21 heavy (non-hydrogen) atoms. The maximum Gasteiger partial charge on any atom is 0.324 e. The van der Waals surface area contributed by atoms with E-state index in [1.165, 1.54) is 25.3 Å². The minimum absolute atomic E-state index is 0.0401. The molecule has 0 heterocycles. The Hall–Kier alpha value is -2.35. The molecule has 0 saturated heterocycles. The Labute approximate surface area is 121 Å². The van der Waals surface area contributed by atoms with Crippen LogP contribution in [0.2, 0.25) is 0 Å². The van der Waals surface area contributed by atoms with Gasteiger partial charge in [-0.25, -0.2) is 0 Å². The van der Waals surface area contributed by atoms with Crippen LogP contribution in [0.5, 0.6) is 11.5 Å². The molecule has 0 amide bonds. The number of nitrogens with one attached hydrogen (secondary N) is 1. The van der Waals surface area contributed by atoms with Gasteiger partial charge in [-0.2, -0.15) is 0 Å². The van der Waals surface area contributed by atoms with Gasteiger partial charge in [0.2, 0.25) is 0 Å². The molecular weight excluding hydrogens is 280 g/mol. The number of nitrogens with zero attached hydrogens (tertiary/aromatic N) is 1. The van der Waals surface area contributed by atoms with Crippen LogP contribution >= 0.6 is 0 Å². The van der Waals surface area contributed by atoms with Gasteiger partial charge in [0.1, 0.15) is 12.6 Å². The number of carboxylic acids is 1. The van der Waals surface area contributed by atoms with Crippen molar-refractivity contribution in [1.82, 2.24) is 5.32 Å². The maximum absolute atomic E-state index is 11.1. The molecule has 116 valence electrons. The van der Waals surface area contributed by atoms with Crippen molar-refractivity contribution in [3.8, 4) is 11.5 Å². The van der Waals surface area contributed by atoms with Crippen LogP contribution in [0.4, 0.5) is 5.69 Å². The van der Waals surface area contributed by atoms with Crippen LogP contribution in [0, 0.1) is 10.1 Å². The predicted octanol–water partition coefficient (Wildman–Crippen LogP) is 1.43. The summed E-state index contributed by atoms with van der Waals surface area (Å²) in [5, 5.41) is 22.7. The highest BCUT2D eigenvalue weighted by atomic mass is 16.6. The highest BCUT2D eigenvalue weighted by Crippen LogP contribution is 2.31. The Morgan fingerprint density at radius 1 is 1.43 bits per heavy atom.